The highest BCUT2D eigenvalue weighted by atomic mass is 79.9. The van der Waals surface area contributed by atoms with Crippen molar-refractivity contribution in [2.75, 3.05) is 5.73 Å². The van der Waals surface area contributed by atoms with Gasteiger partial charge in [0.05, 0.1) is 17.2 Å². The molecule has 0 saturated carbocycles. The number of benzene rings is 2. The summed E-state index contributed by atoms with van der Waals surface area (Å²) in [6.07, 6.45) is 3.72. The SMILES string of the molecule is Nc1ccc(-c2cnn(Cc3cccc(F)c3Br)c2)cc1. The van der Waals surface area contributed by atoms with Gasteiger partial charge in [-0.1, -0.05) is 24.3 Å². The van der Waals surface area contributed by atoms with Crippen LogP contribution in [0.15, 0.2) is 59.3 Å². The van der Waals surface area contributed by atoms with Gasteiger partial charge in [-0.05, 0) is 45.3 Å². The first-order chi connectivity index (χ1) is 10.1. The number of nitrogens with zero attached hydrogens (tertiary/aromatic N) is 2. The van der Waals surface area contributed by atoms with Crippen LogP contribution in [0, 0.1) is 5.82 Å². The molecule has 0 bridgehead atoms. The number of nitrogen functional groups attached to an aromatic ring is 1. The topological polar surface area (TPSA) is 43.8 Å². The third kappa shape index (κ3) is 2.97. The van der Waals surface area contributed by atoms with E-state index in [4.69, 9.17) is 5.73 Å². The summed E-state index contributed by atoms with van der Waals surface area (Å²) in [6.45, 7) is 0.507. The van der Waals surface area contributed by atoms with E-state index in [-0.39, 0.29) is 5.82 Å². The lowest BCUT2D eigenvalue weighted by molar-refractivity contribution is 0.611. The molecule has 0 saturated heterocycles. The molecule has 21 heavy (non-hydrogen) atoms. The van der Waals surface area contributed by atoms with Crippen molar-refractivity contribution < 1.29 is 4.39 Å². The van der Waals surface area contributed by atoms with Gasteiger partial charge in [0.2, 0.25) is 0 Å². The molecule has 3 rings (SSSR count). The maximum Gasteiger partial charge on any atom is 0.137 e. The van der Waals surface area contributed by atoms with E-state index < -0.39 is 0 Å². The van der Waals surface area contributed by atoms with Crippen LogP contribution in [0.5, 0.6) is 0 Å². The molecule has 3 nitrogen and oxygen atoms in total. The van der Waals surface area contributed by atoms with E-state index in [1.54, 1.807) is 16.9 Å². The number of rotatable bonds is 3. The molecule has 5 heteroatoms. The van der Waals surface area contributed by atoms with E-state index in [9.17, 15) is 4.39 Å². The van der Waals surface area contributed by atoms with Crippen LogP contribution in [0.3, 0.4) is 0 Å². The Labute approximate surface area is 130 Å². The summed E-state index contributed by atoms with van der Waals surface area (Å²) in [5, 5.41) is 4.32. The molecule has 0 radical (unpaired) electrons. The smallest absolute Gasteiger partial charge is 0.137 e. The highest BCUT2D eigenvalue weighted by Crippen LogP contribution is 2.23. The van der Waals surface area contributed by atoms with Crippen LogP contribution in [0.4, 0.5) is 10.1 Å². The molecule has 0 atom stereocenters. The number of anilines is 1. The first kappa shape index (κ1) is 13.8. The third-order valence-electron chi connectivity index (χ3n) is 3.24. The zero-order chi connectivity index (χ0) is 14.8. The van der Waals surface area contributed by atoms with Gasteiger partial charge in [-0.25, -0.2) is 4.39 Å². The standard InChI is InChI=1S/C16H13BrFN3/c17-16-12(2-1-3-15(16)18)9-21-10-13(8-20-21)11-4-6-14(19)7-5-11/h1-8,10H,9,19H2. The fourth-order valence-corrected chi connectivity index (χ4v) is 2.51. The largest absolute Gasteiger partial charge is 0.399 e. The molecule has 0 unspecified atom stereocenters. The molecule has 3 aromatic rings. The van der Waals surface area contributed by atoms with E-state index in [1.807, 2.05) is 36.5 Å². The molecule has 2 aromatic carbocycles. The fraction of sp³-hybridized carbons (Fsp3) is 0.0625. The Balaban J connectivity index is 1.85. The highest BCUT2D eigenvalue weighted by Gasteiger charge is 2.07. The minimum Gasteiger partial charge on any atom is -0.399 e. The van der Waals surface area contributed by atoms with Crippen LogP contribution < -0.4 is 5.73 Å². The summed E-state index contributed by atoms with van der Waals surface area (Å²) >= 11 is 3.27. The van der Waals surface area contributed by atoms with Gasteiger partial charge in [0.1, 0.15) is 5.82 Å². The van der Waals surface area contributed by atoms with Gasteiger partial charge < -0.3 is 5.73 Å². The molecule has 0 amide bonds. The Morgan fingerprint density at radius 3 is 2.62 bits per heavy atom. The quantitative estimate of drug-likeness (QED) is 0.726. The molecule has 0 aliphatic heterocycles. The van der Waals surface area contributed by atoms with Gasteiger partial charge in [0, 0.05) is 17.4 Å². The lowest BCUT2D eigenvalue weighted by Gasteiger charge is -2.05. The molecule has 2 N–H and O–H groups in total. The first-order valence-corrected chi connectivity index (χ1v) is 7.24. The van der Waals surface area contributed by atoms with Crippen LogP contribution in [-0.2, 0) is 6.54 Å². The van der Waals surface area contributed by atoms with Crippen LogP contribution in [0.25, 0.3) is 11.1 Å². The van der Waals surface area contributed by atoms with Crippen molar-refractivity contribution in [1.29, 1.82) is 0 Å². The Hall–Kier alpha value is -2.14. The monoisotopic (exact) mass is 345 g/mol. The molecule has 1 heterocycles. The van der Waals surface area contributed by atoms with Gasteiger partial charge in [-0.2, -0.15) is 5.10 Å². The molecule has 0 spiro atoms. The normalized spacial score (nSPS) is 10.8. The van der Waals surface area contributed by atoms with E-state index in [2.05, 4.69) is 21.0 Å². The average molecular weight is 346 g/mol. The van der Waals surface area contributed by atoms with Gasteiger partial charge >= 0.3 is 0 Å². The second-order valence-electron chi connectivity index (χ2n) is 4.76. The van der Waals surface area contributed by atoms with E-state index in [0.717, 1.165) is 22.4 Å². The van der Waals surface area contributed by atoms with Crippen LogP contribution in [-0.4, -0.2) is 9.78 Å². The van der Waals surface area contributed by atoms with Gasteiger partial charge in [0.25, 0.3) is 0 Å². The summed E-state index contributed by atoms with van der Waals surface area (Å²) < 4.78 is 15.8. The Morgan fingerprint density at radius 1 is 1.10 bits per heavy atom. The lowest BCUT2D eigenvalue weighted by atomic mass is 10.1. The van der Waals surface area contributed by atoms with E-state index >= 15 is 0 Å². The highest BCUT2D eigenvalue weighted by molar-refractivity contribution is 9.10. The number of hydrogen-bond acceptors (Lipinski definition) is 2. The zero-order valence-electron chi connectivity index (χ0n) is 11.1. The molecule has 0 aliphatic carbocycles. The molecule has 1 aromatic heterocycles. The lowest BCUT2D eigenvalue weighted by Crippen LogP contribution is -2.01. The maximum atomic E-state index is 13.5. The molecular formula is C16H13BrFN3. The van der Waals surface area contributed by atoms with Crippen molar-refractivity contribution in [3.63, 3.8) is 0 Å². The molecule has 0 aliphatic rings. The molecule has 106 valence electrons. The minimum absolute atomic E-state index is 0.265. The second kappa shape index (κ2) is 5.69. The van der Waals surface area contributed by atoms with Gasteiger partial charge in [-0.3, -0.25) is 4.68 Å². The number of hydrogen-bond donors (Lipinski definition) is 1. The Kier molecular flexibility index (Phi) is 3.75. The summed E-state index contributed by atoms with van der Waals surface area (Å²) in [5.74, 6) is -0.265. The van der Waals surface area contributed by atoms with Crippen molar-refractivity contribution in [1.82, 2.24) is 9.78 Å². The number of nitrogens with two attached hydrogens (primary N) is 1. The Morgan fingerprint density at radius 2 is 1.86 bits per heavy atom. The molecule has 0 fully saturated rings. The number of aromatic nitrogens is 2. The number of halogens is 2. The average Bonchev–Trinajstić information content (AvgIpc) is 2.93. The van der Waals surface area contributed by atoms with Gasteiger partial charge in [0.15, 0.2) is 0 Å². The Bertz CT molecular complexity index is 765. The zero-order valence-corrected chi connectivity index (χ0v) is 12.7. The summed E-state index contributed by atoms with van der Waals surface area (Å²) in [4.78, 5) is 0. The van der Waals surface area contributed by atoms with Crippen LogP contribution >= 0.6 is 15.9 Å². The fourth-order valence-electron chi connectivity index (χ4n) is 2.12. The first-order valence-electron chi connectivity index (χ1n) is 6.45. The van der Waals surface area contributed by atoms with Gasteiger partial charge in [-0.15, -0.1) is 0 Å². The minimum atomic E-state index is -0.265. The van der Waals surface area contributed by atoms with Crippen molar-refractivity contribution in [3.05, 3.63) is 70.7 Å². The third-order valence-corrected chi connectivity index (χ3v) is 4.13. The van der Waals surface area contributed by atoms with Crippen molar-refractivity contribution in [2.45, 2.75) is 6.54 Å². The predicted molar refractivity (Wildman–Crippen MR) is 85.3 cm³/mol. The summed E-state index contributed by atoms with van der Waals surface area (Å²) in [6, 6.07) is 12.6. The van der Waals surface area contributed by atoms with Crippen LogP contribution in [0.2, 0.25) is 0 Å². The summed E-state index contributed by atoms with van der Waals surface area (Å²) in [7, 11) is 0. The van der Waals surface area contributed by atoms with Crippen molar-refractivity contribution >= 4 is 21.6 Å². The predicted octanol–water partition coefficient (Wildman–Crippen LogP) is 4.08. The molecular weight excluding hydrogens is 333 g/mol. The summed E-state index contributed by atoms with van der Waals surface area (Å²) in [5.41, 5.74) is 9.31. The van der Waals surface area contributed by atoms with Crippen molar-refractivity contribution in [2.24, 2.45) is 0 Å². The van der Waals surface area contributed by atoms with Crippen LogP contribution in [0.1, 0.15) is 5.56 Å². The maximum absolute atomic E-state index is 13.5. The van der Waals surface area contributed by atoms with Crippen molar-refractivity contribution in [3.8, 4) is 11.1 Å². The van der Waals surface area contributed by atoms with E-state index in [1.165, 1.54) is 6.07 Å². The second-order valence-corrected chi connectivity index (χ2v) is 5.55. The van der Waals surface area contributed by atoms with E-state index in [0.29, 0.717) is 11.0 Å².